The molecule has 3 rings (SSSR count). The maximum Gasteiger partial charge on any atom is 0.143 e. The lowest BCUT2D eigenvalue weighted by Gasteiger charge is -2.07. The van der Waals surface area contributed by atoms with Gasteiger partial charge in [0.2, 0.25) is 0 Å². The second-order valence-corrected chi connectivity index (χ2v) is 4.36. The molecular weight excluding hydrogens is 240 g/mol. The predicted octanol–water partition coefficient (Wildman–Crippen LogP) is 1.98. The predicted molar refractivity (Wildman–Crippen MR) is 72.7 cm³/mol. The molecule has 0 aliphatic heterocycles. The van der Waals surface area contributed by atoms with Crippen LogP contribution < -0.4 is 5.32 Å². The fraction of sp³-hybridized carbons (Fsp3) is 0.231. The molecule has 96 valence electrons. The van der Waals surface area contributed by atoms with Crippen LogP contribution in [0.2, 0.25) is 0 Å². The van der Waals surface area contributed by atoms with Crippen LogP contribution in [0, 0.1) is 13.8 Å². The molecule has 0 fully saturated rings. The van der Waals surface area contributed by atoms with E-state index in [1.54, 1.807) is 12.4 Å². The van der Waals surface area contributed by atoms with Gasteiger partial charge in [-0.05, 0) is 19.9 Å². The molecule has 3 aromatic rings. The van der Waals surface area contributed by atoms with Crippen molar-refractivity contribution in [1.82, 2.24) is 24.9 Å². The van der Waals surface area contributed by atoms with E-state index in [1.165, 1.54) is 0 Å². The number of nitrogens with zero attached hydrogens (tertiary/aromatic N) is 4. The third kappa shape index (κ3) is 2.37. The molecule has 6 heteroatoms. The Kier molecular flexibility index (Phi) is 2.83. The standard InChI is InChI=1S/C13H14N6/c1-8-5-16-10(6-15-8)7-17-13-11-3-4-14-12(11)18-9(2)19-13/h3-6H,7H2,1-2H3,(H2,14,17,18,19). The normalized spacial score (nSPS) is 10.8. The van der Waals surface area contributed by atoms with E-state index in [0.29, 0.717) is 6.54 Å². The van der Waals surface area contributed by atoms with Gasteiger partial charge >= 0.3 is 0 Å². The molecule has 0 atom stereocenters. The summed E-state index contributed by atoms with van der Waals surface area (Å²) in [6, 6.07) is 1.96. The second-order valence-electron chi connectivity index (χ2n) is 4.36. The van der Waals surface area contributed by atoms with Crippen LogP contribution in [0.1, 0.15) is 17.2 Å². The minimum Gasteiger partial charge on any atom is -0.364 e. The molecule has 3 aromatic heterocycles. The number of rotatable bonds is 3. The molecule has 0 unspecified atom stereocenters. The Labute approximate surface area is 110 Å². The zero-order chi connectivity index (χ0) is 13.2. The number of nitrogens with one attached hydrogen (secondary N) is 2. The second kappa shape index (κ2) is 4.64. The van der Waals surface area contributed by atoms with Crippen molar-refractivity contribution in [3.05, 3.63) is 41.9 Å². The van der Waals surface area contributed by atoms with Crippen molar-refractivity contribution < 1.29 is 0 Å². The first kappa shape index (κ1) is 11.6. The summed E-state index contributed by atoms with van der Waals surface area (Å²) in [5, 5.41) is 4.25. The first-order chi connectivity index (χ1) is 9.22. The van der Waals surface area contributed by atoms with Gasteiger partial charge in [-0.15, -0.1) is 0 Å². The molecule has 0 aliphatic carbocycles. The molecule has 6 nitrogen and oxygen atoms in total. The van der Waals surface area contributed by atoms with Gasteiger partial charge < -0.3 is 10.3 Å². The monoisotopic (exact) mass is 254 g/mol. The van der Waals surface area contributed by atoms with Gasteiger partial charge in [0.25, 0.3) is 0 Å². The Morgan fingerprint density at radius 1 is 1.16 bits per heavy atom. The Morgan fingerprint density at radius 3 is 2.84 bits per heavy atom. The highest BCUT2D eigenvalue weighted by Crippen LogP contribution is 2.19. The lowest BCUT2D eigenvalue weighted by Crippen LogP contribution is -2.05. The van der Waals surface area contributed by atoms with E-state index in [0.717, 1.165) is 34.1 Å². The maximum absolute atomic E-state index is 4.42. The third-order valence-corrected chi connectivity index (χ3v) is 2.80. The topological polar surface area (TPSA) is 79.4 Å². The molecule has 0 spiro atoms. The summed E-state index contributed by atoms with van der Waals surface area (Å²) >= 11 is 0. The summed E-state index contributed by atoms with van der Waals surface area (Å²) in [4.78, 5) is 20.4. The highest BCUT2D eigenvalue weighted by atomic mass is 15.1. The van der Waals surface area contributed by atoms with Gasteiger partial charge in [0.15, 0.2) is 0 Å². The van der Waals surface area contributed by atoms with Crippen LogP contribution in [0.25, 0.3) is 11.0 Å². The maximum atomic E-state index is 4.42. The van der Waals surface area contributed by atoms with Crippen LogP contribution in [0.5, 0.6) is 0 Å². The minimum absolute atomic E-state index is 0.587. The van der Waals surface area contributed by atoms with E-state index in [2.05, 4.69) is 30.2 Å². The molecule has 0 bridgehead atoms. The molecule has 3 heterocycles. The van der Waals surface area contributed by atoms with Crippen molar-refractivity contribution in [1.29, 1.82) is 0 Å². The van der Waals surface area contributed by atoms with Gasteiger partial charge in [0, 0.05) is 12.4 Å². The van der Waals surface area contributed by atoms with Crippen molar-refractivity contribution in [2.45, 2.75) is 20.4 Å². The van der Waals surface area contributed by atoms with Crippen LogP contribution >= 0.6 is 0 Å². The molecule has 0 saturated heterocycles. The SMILES string of the molecule is Cc1cnc(CNc2nc(C)nc3[nH]ccc23)cn1. The van der Waals surface area contributed by atoms with Gasteiger partial charge in [0.1, 0.15) is 17.3 Å². The Morgan fingerprint density at radius 2 is 2.05 bits per heavy atom. The van der Waals surface area contributed by atoms with Crippen LogP contribution in [-0.4, -0.2) is 24.9 Å². The molecule has 0 aromatic carbocycles. The smallest absolute Gasteiger partial charge is 0.143 e. The highest BCUT2D eigenvalue weighted by molar-refractivity contribution is 5.86. The number of anilines is 1. The zero-order valence-electron chi connectivity index (χ0n) is 10.8. The third-order valence-electron chi connectivity index (χ3n) is 2.80. The minimum atomic E-state index is 0.587. The Bertz CT molecular complexity index is 701. The number of aromatic amines is 1. The molecule has 0 radical (unpaired) electrons. The fourth-order valence-electron chi connectivity index (χ4n) is 1.87. The van der Waals surface area contributed by atoms with E-state index in [4.69, 9.17) is 0 Å². The quantitative estimate of drug-likeness (QED) is 0.747. The van der Waals surface area contributed by atoms with Gasteiger partial charge in [-0.2, -0.15) is 0 Å². The van der Waals surface area contributed by atoms with Crippen LogP contribution in [0.3, 0.4) is 0 Å². The van der Waals surface area contributed by atoms with Gasteiger partial charge in [-0.25, -0.2) is 9.97 Å². The van der Waals surface area contributed by atoms with Crippen molar-refractivity contribution >= 4 is 16.9 Å². The molecular formula is C13H14N6. The van der Waals surface area contributed by atoms with E-state index >= 15 is 0 Å². The van der Waals surface area contributed by atoms with Crippen molar-refractivity contribution in [2.75, 3.05) is 5.32 Å². The number of aryl methyl sites for hydroxylation is 2. The van der Waals surface area contributed by atoms with Gasteiger partial charge in [0.05, 0.1) is 29.5 Å². The number of hydrogen-bond donors (Lipinski definition) is 2. The van der Waals surface area contributed by atoms with Crippen molar-refractivity contribution in [2.24, 2.45) is 0 Å². The fourth-order valence-corrected chi connectivity index (χ4v) is 1.87. The van der Waals surface area contributed by atoms with Gasteiger partial charge in [-0.1, -0.05) is 0 Å². The van der Waals surface area contributed by atoms with E-state index in [-0.39, 0.29) is 0 Å². The summed E-state index contributed by atoms with van der Waals surface area (Å²) in [5.41, 5.74) is 2.63. The summed E-state index contributed by atoms with van der Waals surface area (Å²) in [7, 11) is 0. The average molecular weight is 254 g/mol. The Balaban J connectivity index is 1.85. The molecule has 0 saturated carbocycles. The largest absolute Gasteiger partial charge is 0.364 e. The zero-order valence-corrected chi connectivity index (χ0v) is 10.8. The number of aromatic nitrogens is 5. The molecule has 2 N–H and O–H groups in total. The van der Waals surface area contributed by atoms with Crippen LogP contribution in [-0.2, 0) is 6.54 Å². The van der Waals surface area contributed by atoms with Crippen molar-refractivity contribution in [3.63, 3.8) is 0 Å². The van der Waals surface area contributed by atoms with Crippen LogP contribution in [0.15, 0.2) is 24.7 Å². The van der Waals surface area contributed by atoms with E-state index < -0.39 is 0 Å². The number of hydrogen-bond acceptors (Lipinski definition) is 5. The summed E-state index contributed by atoms with van der Waals surface area (Å²) in [6.07, 6.45) is 5.38. The summed E-state index contributed by atoms with van der Waals surface area (Å²) < 4.78 is 0. The van der Waals surface area contributed by atoms with Crippen LogP contribution in [0.4, 0.5) is 5.82 Å². The average Bonchev–Trinajstić information content (AvgIpc) is 2.85. The molecule has 19 heavy (non-hydrogen) atoms. The highest BCUT2D eigenvalue weighted by Gasteiger charge is 2.06. The first-order valence-corrected chi connectivity index (χ1v) is 6.05. The van der Waals surface area contributed by atoms with E-state index in [9.17, 15) is 0 Å². The van der Waals surface area contributed by atoms with E-state index in [1.807, 2.05) is 26.1 Å². The Hall–Kier alpha value is -2.50. The molecule has 0 aliphatic rings. The summed E-state index contributed by atoms with van der Waals surface area (Å²) in [5.74, 6) is 1.54. The van der Waals surface area contributed by atoms with Gasteiger partial charge in [-0.3, -0.25) is 9.97 Å². The first-order valence-electron chi connectivity index (χ1n) is 6.05. The lowest BCUT2D eigenvalue weighted by molar-refractivity contribution is 0.970. The van der Waals surface area contributed by atoms with Crippen molar-refractivity contribution in [3.8, 4) is 0 Å². The number of fused-ring (bicyclic) bond motifs is 1. The molecule has 0 amide bonds. The lowest BCUT2D eigenvalue weighted by atomic mass is 10.3. The number of H-pyrrole nitrogens is 1. The summed E-state index contributed by atoms with van der Waals surface area (Å²) in [6.45, 7) is 4.38.